The van der Waals surface area contributed by atoms with E-state index in [2.05, 4.69) is 72.8 Å². The van der Waals surface area contributed by atoms with Gasteiger partial charge in [0, 0.05) is 17.9 Å². The van der Waals surface area contributed by atoms with Crippen LogP contribution in [0.15, 0.2) is 78.6 Å². The summed E-state index contributed by atoms with van der Waals surface area (Å²) in [5.74, 6) is 1.57. The van der Waals surface area contributed by atoms with Gasteiger partial charge in [-0.3, -0.25) is 0 Å². The molecule has 4 rings (SSSR count). The molecular formula is C19H16O. The van der Waals surface area contributed by atoms with Crippen molar-refractivity contribution >= 4 is 5.57 Å². The molecule has 2 aromatic carbocycles. The second-order valence-corrected chi connectivity index (χ2v) is 5.35. The highest BCUT2D eigenvalue weighted by Crippen LogP contribution is 2.43. The molecule has 2 aromatic rings. The minimum absolute atomic E-state index is 0.275. The van der Waals surface area contributed by atoms with Gasteiger partial charge in [-0.05, 0) is 17.2 Å². The Kier molecular flexibility index (Phi) is 2.70. The van der Waals surface area contributed by atoms with Gasteiger partial charge in [-0.25, -0.2) is 0 Å². The molecule has 1 nitrogen and oxygen atoms in total. The number of ether oxygens (including phenoxy) is 1. The van der Waals surface area contributed by atoms with Crippen LogP contribution in [0.1, 0.15) is 17.5 Å². The predicted molar refractivity (Wildman–Crippen MR) is 81.0 cm³/mol. The molecule has 2 bridgehead atoms. The normalized spacial score (nSPS) is 22.9. The first-order valence-corrected chi connectivity index (χ1v) is 7.12. The monoisotopic (exact) mass is 260 g/mol. The van der Waals surface area contributed by atoms with Crippen molar-refractivity contribution in [3.63, 3.8) is 0 Å². The van der Waals surface area contributed by atoms with Gasteiger partial charge in [0.2, 0.25) is 0 Å². The molecule has 1 saturated heterocycles. The van der Waals surface area contributed by atoms with Crippen LogP contribution in [0.25, 0.3) is 5.57 Å². The van der Waals surface area contributed by atoms with Crippen molar-refractivity contribution in [1.29, 1.82) is 0 Å². The Morgan fingerprint density at radius 1 is 0.800 bits per heavy atom. The summed E-state index contributed by atoms with van der Waals surface area (Å²) in [5, 5.41) is 0. The molecule has 0 unspecified atom stereocenters. The first-order chi connectivity index (χ1) is 9.92. The average Bonchev–Trinajstić information content (AvgIpc) is 3.13. The maximum Gasteiger partial charge on any atom is 0.117 e. The first-order valence-electron chi connectivity index (χ1n) is 7.12. The van der Waals surface area contributed by atoms with Crippen molar-refractivity contribution in [2.45, 2.75) is 12.5 Å². The van der Waals surface area contributed by atoms with Crippen molar-refractivity contribution in [1.82, 2.24) is 0 Å². The van der Waals surface area contributed by atoms with Gasteiger partial charge in [0.15, 0.2) is 0 Å². The van der Waals surface area contributed by atoms with Crippen LogP contribution in [0.4, 0.5) is 0 Å². The molecule has 2 atom stereocenters. The van der Waals surface area contributed by atoms with Crippen LogP contribution in [-0.2, 0) is 4.74 Å². The van der Waals surface area contributed by atoms with E-state index in [1.165, 1.54) is 16.7 Å². The van der Waals surface area contributed by atoms with Crippen LogP contribution >= 0.6 is 0 Å². The maximum atomic E-state index is 6.12. The Bertz CT molecular complexity index is 626. The summed E-state index contributed by atoms with van der Waals surface area (Å²) in [6, 6.07) is 21.1. The lowest BCUT2D eigenvalue weighted by Crippen LogP contribution is -2.04. The summed E-state index contributed by atoms with van der Waals surface area (Å²) in [6.07, 6.45) is 5.84. The summed E-state index contributed by atoms with van der Waals surface area (Å²) >= 11 is 0. The third-order valence-electron chi connectivity index (χ3n) is 4.03. The highest BCUT2D eigenvalue weighted by molar-refractivity contribution is 5.82. The van der Waals surface area contributed by atoms with Crippen LogP contribution in [0.3, 0.4) is 0 Å². The van der Waals surface area contributed by atoms with Gasteiger partial charge in [-0.2, -0.15) is 0 Å². The number of benzene rings is 2. The summed E-state index contributed by atoms with van der Waals surface area (Å²) < 4.78 is 6.12. The highest BCUT2D eigenvalue weighted by Gasteiger charge is 2.35. The summed E-state index contributed by atoms with van der Waals surface area (Å²) in [6.45, 7) is 0. The lowest BCUT2D eigenvalue weighted by Gasteiger charge is -2.18. The van der Waals surface area contributed by atoms with E-state index in [9.17, 15) is 0 Å². The van der Waals surface area contributed by atoms with Gasteiger partial charge in [-0.1, -0.05) is 66.7 Å². The predicted octanol–water partition coefficient (Wildman–Crippen LogP) is 4.42. The molecule has 0 saturated carbocycles. The van der Waals surface area contributed by atoms with Gasteiger partial charge in [-0.15, -0.1) is 0 Å². The average molecular weight is 260 g/mol. The maximum absolute atomic E-state index is 6.12. The van der Waals surface area contributed by atoms with Gasteiger partial charge in [0.05, 0.1) is 0 Å². The summed E-state index contributed by atoms with van der Waals surface area (Å²) in [4.78, 5) is 0. The fourth-order valence-corrected chi connectivity index (χ4v) is 3.10. The number of hydrogen-bond acceptors (Lipinski definition) is 1. The molecule has 20 heavy (non-hydrogen) atoms. The Morgan fingerprint density at radius 3 is 1.85 bits per heavy atom. The molecule has 1 aliphatic carbocycles. The molecular weight excluding hydrogens is 244 g/mol. The van der Waals surface area contributed by atoms with E-state index in [1.807, 2.05) is 0 Å². The van der Waals surface area contributed by atoms with Crippen LogP contribution in [0, 0.1) is 5.92 Å². The van der Waals surface area contributed by atoms with Crippen LogP contribution in [0.5, 0.6) is 0 Å². The molecule has 0 amide bonds. The SMILES string of the molecule is C1=C[C@H]2C[C@@H]1C(=C(c1ccccc1)c1ccccc1)O2. The Morgan fingerprint density at radius 2 is 1.40 bits per heavy atom. The zero-order chi connectivity index (χ0) is 13.4. The molecule has 0 spiro atoms. The third-order valence-corrected chi connectivity index (χ3v) is 4.03. The third kappa shape index (κ3) is 1.87. The van der Waals surface area contributed by atoms with Crippen LogP contribution < -0.4 is 0 Å². The Labute approximate surface area is 119 Å². The zero-order valence-corrected chi connectivity index (χ0v) is 11.2. The second kappa shape index (κ2) is 4.68. The number of fused-ring (bicyclic) bond motifs is 2. The van der Waals surface area contributed by atoms with E-state index >= 15 is 0 Å². The molecule has 1 fully saturated rings. The smallest absolute Gasteiger partial charge is 0.117 e. The molecule has 0 N–H and O–H groups in total. The molecule has 2 aliphatic rings. The van der Waals surface area contributed by atoms with E-state index in [4.69, 9.17) is 4.74 Å². The molecule has 0 aromatic heterocycles. The van der Waals surface area contributed by atoms with Crippen LogP contribution in [-0.4, -0.2) is 6.10 Å². The number of rotatable bonds is 2. The van der Waals surface area contributed by atoms with E-state index in [1.54, 1.807) is 0 Å². The van der Waals surface area contributed by atoms with E-state index in [-0.39, 0.29) is 6.10 Å². The van der Waals surface area contributed by atoms with Gasteiger partial charge >= 0.3 is 0 Å². The van der Waals surface area contributed by atoms with Gasteiger partial charge < -0.3 is 4.74 Å². The quantitative estimate of drug-likeness (QED) is 0.726. The zero-order valence-electron chi connectivity index (χ0n) is 11.2. The number of hydrogen-bond donors (Lipinski definition) is 0. The largest absolute Gasteiger partial charge is 0.489 e. The van der Waals surface area contributed by atoms with E-state index in [0.29, 0.717) is 5.92 Å². The van der Waals surface area contributed by atoms with Crippen LogP contribution in [0.2, 0.25) is 0 Å². The standard InChI is InChI=1S/C19H16O/c1-3-7-14(8-4-1)18(15-9-5-2-6-10-15)19-16-11-12-17(13-16)20-19/h1-12,16-17H,13H2/t16-,17+/m1/s1. The fraction of sp³-hybridized carbons (Fsp3) is 0.158. The second-order valence-electron chi connectivity index (χ2n) is 5.35. The lowest BCUT2D eigenvalue weighted by molar-refractivity contribution is 0.198. The van der Waals surface area contributed by atoms with E-state index in [0.717, 1.165) is 12.2 Å². The highest BCUT2D eigenvalue weighted by atomic mass is 16.5. The fourth-order valence-electron chi connectivity index (χ4n) is 3.10. The molecule has 0 radical (unpaired) electrons. The van der Waals surface area contributed by atoms with Gasteiger partial charge in [0.25, 0.3) is 0 Å². The molecule has 1 heteroatoms. The van der Waals surface area contributed by atoms with Gasteiger partial charge in [0.1, 0.15) is 11.9 Å². The topological polar surface area (TPSA) is 9.23 Å². The first kappa shape index (κ1) is 11.5. The molecule has 1 aliphatic heterocycles. The lowest BCUT2D eigenvalue weighted by atomic mass is 9.92. The molecule has 1 heterocycles. The minimum Gasteiger partial charge on any atom is -0.489 e. The number of allylic oxidation sites excluding steroid dienone is 1. The summed E-state index contributed by atoms with van der Waals surface area (Å²) in [7, 11) is 0. The van der Waals surface area contributed by atoms with Crippen molar-refractivity contribution < 1.29 is 4.74 Å². The Balaban J connectivity index is 1.91. The van der Waals surface area contributed by atoms with Crippen molar-refractivity contribution in [3.05, 3.63) is 89.7 Å². The van der Waals surface area contributed by atoms with E-state index < -0.39 is 0 Å². The van der Waals surface area contributed by atoms with Crippen molar-refractivity contribution in [3.8, 4) is 0 Å². The minimum atomic E-state index is 0.275. The van der Waals surface area contributed by atoms with Crippen molar-refractivity contribution in [2.24, 2.45) is 5.92 Å². The van der Waals surface area contributed by atoms with Crippen molar-refractivity contribution in [2.75, 3.05) is 0 Å². The Hall–Kier alpha value is -2.28. The molecule has 98 valence electrons. The summed E-state index contributed by atoms with van der Waals surface area (Å²) in [5.41, 5.74) is 3.70.